The minimum absolute atomic E-state index is 0.151. The topological polar surface area (TPSA) is 61.5 Å². The molecule has 0 saturated carbocycles. The summed E-state index contributed by atoms with van der Waals surface area (Å²) in [7, 11) is 1.45. The van der Waals surface area contributed by atoms with Crippen LogP contribution in [-0.2, 0) is 15.1 Å². The summed E-state index contributed by atoms with van der Waals surface area (Å²) in [6.07, 6.45) is 0. The molecule has 1 aliphatic heterocycles. The molecular formula is C10H11NO3. The van der Waals surface area contributed by atoms with Crippen molar-refractivity contribution in [2.45, 2.75) is 5.60 Å². The van der Waals surface area contributed by atoms with Crippen LogP contribution in [0.1, 0.15) is 5.56 Å². The number of carbonyl (C=O) groups is 1. The molecule has 14 heavy (non-hydrogen) atoms. The molecule has 2 rings (SSSR count). The van der Waals surface area contributed by atoms with Crippen molar-refractivity contribution in [2.75, 3.05) is 13.7 Å². The van der Waals surface area contributed by atoms with Gasteiger partial charge >= 0.3 is 0 Å². The number of hydrogen-bond donors (Lipinski definition) is 1. The quantitative estimate of drug-likeness (QED) is 0.739. The number of carbonyl (C=O) groups excluding carboxylic acids is 1. The summed E-state index contributed by atoms with van der Waals surface area (Å²) in [5, 5.41) is 0. The predicted octanol–water partition coefficient (Wildman–Crippen LogP) is 0.406. The molecular weight excluding hydrogens is 182 g/mol. The average molecular weight is 193 g/mol. The monoisotopic (exact) mass is 193 g/mol. The van der Waals surface area contributed by atoms with Gasteiger partial charge in [0.15, 0.2) is 0 Å². The van der Waals surface area contributed by atoms with E-state index in [0.717, 1.165) is 0 Å². The van der Waals surface area contributed by atoms with Crippen molar-refractivity contribution < 1.29 is 14.3 Å². The fourth-order valence-electron chi connectivity index (χ4n) is 1.66. The second-order valence-corrected chi connectivity index (χ2v) is 3.18. The van der Waals surface area contributed by atoms with Crippen molar-refractivity contribution in [3.05, 3.63) is 29.8 Å². The third kappa shape index (κ3) is 1.01. The average Bonchev–Trinajstić information content (AvgIpc) is 2.57. The lowest BCUT2D eigenvalue weighted by Crippen LogP contribution is -2.44. The molecule has 0 fully saturated rings. The highest BCUT2D eigenvalue weighted by Gasteiger charge is 2.46. The summed E-state index contributed by atoms with van der Waals surface area (Å²) in [5.41, 5.74) is 4.90. The molecule has 0 aliphatic carbocycles. The van der Waals surface area contributed by atoms with E-state index >= 15 is 0 Å². The Bertz CT molecular complexity index is 377. The molecule has 1 aliphatic rings. The maximum absolute atomic E-state index is 11.3. The molecule has 1 aromatic carbocycles. The third-order valence-electron chi connectivity index (χ3n) is 2.50. The van der Waals surface area contributed by atoms with Crippen molar-refractivity contribution in [3.8, 4) is 5.75 Å². The van der Waals surface area contributed by atoms with Crippen LogP contribution in [0.2, 0.25) is 0 Å². The smallest absolute Gasteiger partial charge is 0.258 e. The van der Waals surface area contributed by atoms with Crippen LogP contribution >= 0.6 is 0 Å². The van der Waals surface area contributed by atoms with E-state index in [9.17, 15) is 4.79 Å². The molecule has 1 aromatic rings. The van der Waals surface area contributed by atoms with Crippen LogP contribution in [0, 0.1) is 0 Å². The Labute approximate surface area is 81.6 Å². The number of benzene rings is 1. The van der Waals surface area contributed by atoms with E-state index in [1.165, 1.54) is 7.11 Å². The Balaban J connectivity index is 2.55. The van der Waals surface area contributed by atoms with Crippen molar-refractivity contribution in [1.82, 2.24) is 0 Å². The van der Waals surface area contributed by atoms with Crippen molar-refractivity contribution in [3.63, 3.8) is 0 Å². The highest BCUT2D eigenvalue weighted by Crippen LogP contribution is 2.38. The van der Waals surface area contributed by atoms with Gasteiger partial charge in [-0.2, -0.15) is 0 Å². The molecule has 1 amide bonds. The van der Waals surface area contributed by atoms with Gasteiger partial charge in [-0.3, -0.25) is 4.79 Å². The molecule has 0 saturated heterocycles. The summed E-state index contributed by atoms with van der Waals surface area (Å²) in [5.74, 6) is 0.137. The SMILES string of the molecule is COC1(C(N)=O)COc2ccccc21. The van der Waals surface area contributed by atoms with Gasteiger partial charge in [0.1, 0.15) is 12.4 Å². The number of rotatable bonds is 2. The fourth-order valence-corrected chi connectivity index (χ4v) is 1.66. The van der Waals surface area contributed by atoms with Crippen LogP contribution in [0.15, 0.2) is 24.3 Å². The number of hydrogen-bond acceptors (Lipinski definition) is 3. The first-order chi connectivity index (χ1) is 6.70. The van der Waals surface area contributed by atoms with E-state index in [4.69, 9.17) is 15.2 Å². The number of ether oxygens (including phenoxy) is 2. The van der Waals surface area contributed by atoms with E-state index in [1.54, 1.807) is 12.1 Å². The minimum atomic E-state index is -1.11. The molecule has 0 spiro atoms. The van der Waals surface area contributed by atoms with Gasteiger partial charge in [0, 0.05) is 12.7 Å². The highest BCUT2D eigenvalue weighted by atomic mass is 16.6. The summed E-state index contributed by atoms with van der Waals surface area (Å²) >= 11 is 0. The molecule has 1 heterocycles. The van der Waals surface area contributed by atoms with Crippen LogP contribution in [0.25, 0.3) is 0 Å². The molecule has 4 nitrogen and oxygen atoms in total. The number of para-hydroxylation sites is 1. The number of amides is 1. The maximum atomic E-state index is 11.3. The lowest BCUT2D eigenvalue weighted by Gasteiger charge is -2.21. The fraction of sp³-hybridized carbons (Fsp3) is 0.300. The van der Waals surface area contributed by atoms with Crippen LogP contribution < -0.4 is 10.5 Å². The van der Waals surface area contributed by atoms with Crippen LogP contribution in [0.3, 0.4) is 0 Å². The van der Waals surface area contributed by atoms with Crippen LogP contribution in [0.4, 0.5) is 0 Å². The molecule has 1 atom stereocenters. The molecule has 0 aromatic heterocycles. The molecule has 74 valence electrons. The predicted molar refractivity (Wildman–Crippen MR) is 49.8 cm³/mol. The van der Waals surface area contributed by atoms with Gasteiger partial charge in [-0.1, -0.05) is 18.2 Å². The van der Waals surface area contributed by atoms with E-state index < -0.39 is 11.5 Å². The number of fused-ring (bicyclic) bond motifs is 1. The summed E-state index contributed by atoms with van der Waals surface area (Å²) in [6, 6.07) is 7.24. The Morgan fingerprint density at radius 2 is 2.29 bits per heavy atom. The molecule has 4 heteroatoms. The first kappa shape index (κ1) is 9.02. The molecule has 0 radical (unpaired) electrons. The largest absolute Gasteiger partial charge is 0.489 e. The zero-order valence-corrected chi connectivity index (χ0v) is 7.82. The normalized spacial score (nSPS) is 24.1. The van der Waals surface area contributed by atoms with E-state index in [-0.39, 0.29) is 6.61 Å². The number of methoxy groups -OCH3 is 1. The van der Waals surface area contributed by atoms with Gasteiger partial charge < -0.3 is 15.2 Å². The second kappa shape index (κ2) is 2.99. The number of primary amides is 1. The first-order valence-electron chi connectivity index (χ1n) is 4.28. The second-order valence-electron chi connectivity index (χ2n) is 3.18. The Hall–Kier alpha value is -1.55. The zero-order valence-electron chi connectivity index (χ0n) is 7.82. The first-order valence-corrected chi connectivity index (χ1v) is 4.28. The Morgan fingerprint density at radius 3 is 2.93 bits per heavy atom. The maximum Gasteiger partial charge on any atom is 0.258 e. The van der Waals surface area contributed by atoms with Crippen molar-refractivity contribution in [2.24, 2.45) is 5.73 Å². The summed E-state index contributed by atoms with van der Waals surface area (Å²) in [4.78, 5) is 11.3. The van der Waals surface area contributed by atoms with E-state index in [0.29, 0.717) is 11.3 Å². The van der Waals surface area contributed by atoms with Crippen molar-refractivity contribution in [1.29, 1.82) is 0 Å². The summed E-state index contributed by atoms with van der Waals surface area (Å²) < 4.78 is 10.5. The third-order valence-corrected chi connectivity index (χ3v) is 2.50. The summed E-state index contributed by atoms with van der Waals surface area (Å²) in [6.45, 7) is 0.151. The van der Waals surface area contributed by atoms with Gasteiger partial charge in [-0.15, -0.1) is 0 Å². The van der Waals surface area contributed by atoms with Gasteiger partial charge in [-0.05, 0) is 6.07 Å². The van der Waals surface area contributed by atoms with Crippen molar-refractivity contribution >= 4 is 5.91 Å². The molecule has 0 bridgehead atoms. The molecule has 2 N–H and O–H groups in total. The standard InChI is InChI=1S/C10H11NO3/c1-13-10(9(11)12)6-14-8-5-3-2-4-7(8)10/h2-5H,6H2,1H3,(H2,11,12). The lowest BCUT2D eigenvalue weighted by molar-refractivity contribution is -0.142. The van der Waals surface area contributed by atoms with Crippen LogP contribution in [-0.4, -0.2) is 19.6 Å². The minimum Gasteiger partial charge on any atom is -0.489 e. The highest BCUT2D eigenvalue weighted by molar-refractivity contribution is 5.87. The lowest BCUT2D eigenvalue weighted by atomic mass is 9.95. The number of nitrogens with two attached hydrogens (primary N) is 1. The van der Waals surface area contributed by atoms with E-state index in [1.807, 2.05) is 12.1 Å². The van der Waals surface area contributed by atoms with Gasteiger partial charge in [-0.25, -0.2) is 0 Å². The Kier molecular flexibility index (Phi) is 1.93. The van der Waals surface area contributed by atoms with E-state index in [2.05, 4.69) is 0 Å². The van der Waals surface area contributed by atoms with Gasteiger partial charge in [0.05, 0.1) is 0 Å². The Morgan fingerprint density at radius 1 is 1.57 bits per heavy atom. The van der Waals surface area contributed by atoms with Gasteiger partial charge in [0.25, 0.3) is 5.91 Å². The molecule has 1 unspecified atom stereocenters. The zero-order chi connectivity index (χ0) is 10.2. The van der Waals surface area contributed by atoms with Crippen LogP contribution in [0.5, 0.6) is 5.75 Å². The van der Waals surface area contributed by atoms with Gasteiger partial charge in [0.2, 0.25) is 5.60 Å².